The number of fused-ring (bicyclic) bond motifs is 1. The average molecular weight is 288 g/mol. The van der Waals surface area contributed by atoms with Gasteiger partial charge in [0.05, 0.1) is 11.4 Å². The molecule has 0 spiro atoms. The van der Waals surface area contributed by atoms with Gasteiger partial charge in [-0.3, -0.25) is 4.79 Å². The molecule has 2 heterocycles. The van der Waals surface area contributed by atoms with Crippen molar-refractivity contribution in [3.05, 3.63) is 30.3 Å². The molecule has 1 aromatic heterocycles. The molecule has 3 rings (SSSR count). The van der Waals surface area contributed by atoms with Gasteiger partial charge in [-0.15, -0.1) is 0 Å². The molecule has 110 valence electrons. The van der Waals surface area contributed by atoms with Crippen molar-refractivity contribution in [2.45, 2.75) is 6.42 Å². The van der Waals surface area contributed by atoms with Crippen LogP contribution in [0.1, 0.15) is 6.42 Å². The number of anilines is 1. The predicted molar refractivity (Wildman–Crippen MR) is 78.5 cm³/mol. The number of rotatable bonds is 2. The number of benzene rings is 1. The van der Waals surface area contributed by atoms with Crippen molar-refractivity contribution in [2.24, 2.45) is 5.92 Å². The lowest BCUT2D eigenvalue weighted by molar-refractivity contribution is -0.132. The molecule has 6 heteroatoms. The molecule has 2 aromatic rings. The topological polar surface area (TPSA) is 49.3 Å². The Bertz CT molecular complexity index is 688. The molecule has 5 nitrogen and oxygen atoms in total. The standard InChI is InChI=1S/C15H17FN4O/c1-19(2)15(21)10-5-6-20(8-10)14-12-7-11(16)3-4-13(12)17-9-18-14/h3-4,7,9-10H,5-6,8H2,1-2H3. The van der Waals surface area contributed by atoms with E-state index in [1.807, 2.05) is 4.90 Å². The summed E-state index contributed by atoms with van der Waals surface area (Å²) in [5, 5.41) is 0.690. The summed E-state index contributed by atoms with van der Waals surface area (Å²) in [6.45, 7) is 1.35. The van der Waals surface area contributed by atoms with Gasteiger partial charge in [-0.25, -0.2) is 14.4 Å². The quantitative estimate of drug-likeness (QED) is 0.843. The minimum atomic E-state index is -0.307. The minimum Gasteiger partial charge on any atom is -0.355 e. The summed E-state index contributed by atoms with van der Waals surface area (Å²) in [6.07, 6.45) is 2.27. The molecule has 1 amide bonds. The predicted octanol–water partition coefficient (Wildman–Crippen LogP) is 1.68. The summed E-state index contributed by atoms with van der Waals surface area (Å²) in [4.78, 5) is 24.1. The highest BCUT2D eigenvalue weighted by molar-refractivity contribution is 5.90. The van der Waals surface area contributed by atoms with Crippen molar-refractivity contribution in [2.75, 3.05) is 32.1 Å². The maximum atomic E-state index is 13.5. The number of hydrogen-bond acceptors (Lipinski definition) is 4. The first-order valence-corrected chi connectivity index (χ1v) is 6.92. The molecule has 0 N–H and O–H groups in total. The molecule has 0 radical (unpaired) electrons. The zero-order chi connectivity index (χ0) is 15.0. The van der Waals surface area contributed by atoms with E-state index in [4.69, 9.17) is 0 Å². The van der Waals surface area contributed by atoms with E-state index in [0.717, 1.165) is 13.0 Å². The van der Waals surface area contributed by atoms with Gasteiger partial charge in [0.2, 0.25) is 5.91 Å². The zero-order valence-corrected chi connectivity index (χ0v) is 12.1. The summed E-state index contributed by atoms with van der Waals surface area (Å²) < 4.78 is 13.5. The van der Waals surface area contributed by atoms with Crippen molar-refractivity contribution in [1.29, 1.82) is 0 Å². The zero-order valence-electron chi connectivity index (χ0n) is 12.1. The van der Waals surface area contributed by atoms with Gasteiger partial charge in [-0.1, -0.05) is 0 Å². The molecular formula is C15H17FN4O. The van der Waals surface area contributed by atoms with Gasteiger partial charge < -0.3 is 9.80 Å². The van der Waals surface area contributed by atoms with Crippen LogP contribution in [0.15, 0.2) is 24.5 Å². The van der Waals surface area contributed by atoms with Gasteiger partial charge in [0.15, 0.2) is 0 Å². The first-order chi connectivity index (χ1) is 10.1. The van der Waals surface area contributed by atoms with Crippen molar-refractivity contribution in [3.8, 4) is 0 Å². The second kappa shape index (κ2) is 5.27. The number of aromatic nitrogens is 2. The molecule has 1 fully saturated rings. The smallest absolute Gasteiger partial charge is 0.227 e. The van der Waals surface area contributed by atoms with E-state index >= 15 is 0 Å². The van der Waals surface area contributed by atoms with Crippen LogP contribution < -0.4 is 4.90 Å². The highest BCUT2D eigenvalue weighted by Gasteiger charge is 2.30. The Kier molecular flexibility index (Phi) is 3.45. The summed E-state index contributed by atoms with van der Waals surface area (Å²) in [6, 6.07) is 4.49. The van der Waals surface area contributed by atoms with Crippen LogP contribution in [0.25, 0.3) is 10.9 Å². The maximum absolute atomic E-state index is 13.5. The maximum Gasteiger partial charge on any atom is 0.227 e. The van der Waals surface area contributed by atoms with Crippen LogP contribution in [0, 0.1) is 11.7 Å². The molecule has 1 aliphatic heterocycles. The number of carbonyl (C=O) groups excluding carboxylic acids is 1. The average Bonchev–Trinajstić information content (AvgIpc) is 2.95. The monoisotopic (exact) mass is 288 g/mol. The minimum absolute atomic E-state index is 0.0291. The van der Waals surface area contributed by atoms with E-state index < -0.39 is 0 Å². The lowest BCUT2D eigenvalue weighted by atomic mass is 10.1. The van der Waals surface area contributed by atoms with E-state index in [1.165, 1.54) is 18.5 Å². The van der Waals surface area contributed by atoms with Gasteiger partial charge in [0.25, 0.3) is 0 Å². The van der Waals surface area contributed by atoms with Crippen molar-refractivity contribution in [1.82, 2.24) is 14.9 Å². The van der Waals surface area contributed by atoms with E-state index in [2.05, 4.69) is 9.97 Å². The van der Waals surface area contributed by atoms with E-state index in [-0.39, 0.29) is 17.6 Å². The van der Waals surface area contributed by atoms with E-state index in [9.17, 15) is 9.18 Å². The fraction of sp³-hybridized carbons (Fsp3) is 0.400. The van der Waals surface area contributed by atoms with Crippen molar-refractivity contribution < 1.29 is 9.18 Å². The fourth-order valence-electron chi connectivity index (χ4n) is 2.79. The Labute approximate surface area is 122 Å². The Hall–Kier alpha value is -2.24. The van der Waals surface area contributed by atoms with E-state index in [0.29, 0.717) is 23.3 Å². The van der Waals surface area contributed by atoms with Gasteiger partial charge in [0.1, 0.15) is 18.0 Å². The second-order valence-corrected chi connectivity index (χ2v) is 5.52. The first kappa shape index (κ1) is 13.7. The summed E-state index contributed by atoms with van der Waals surface area (Å²) in [7, 11) is 3.53. The fourth-order valence-corrected chi connectivity index (χ4v) is 2.79. The Morgan fingerprint density at radius 3 is 2.95 bits per heavy atom. The van der Waals surface area contributed by atoms with Crippen LogP contribution >= 0.6 is 0 Å². The normalized spacial score (nSPS) is 18.2. The molecule has 1 unspecified atom stereocenters. The molecule has 1 saturated heterocycles. The SMILES string of the molecule is CN(C)C(=O)C1CCN(c2ncnc3ccc(F)cc23)C1. The molecule has 21 heavy (non-hydrogen) atoms. The van der Waals surface area contributed by atoms with Gasteiger partial charge in [0, 0.05) is 32.6 Å². The Balaban J connectivity index is 1.92. The van der Waals surface area contributed by atoms with Crippen LogP contribution in [0.2, 0.25) is 0 Å². The molecule has 1 aliphatic rings. The largest absolute Gasteiger partial charge is 0.355 e. The summed E-state index contributed by atoms with van der Waals surface area (Å²) >= 11 is 0. The number of halogens is 1. The Morgan fingerprint density at radius 1 is 1.38 bits per heavy atom. The highest BCUT2D eigenvalue weighted by Crippen LogP contribution is 2.29. The highest BCUT2D eigenvalue weighted by atomic mass is 19.1. The van der Waals surface area contributed by atoms with Crippen LogP contribution in [0.5, 0.6) is 0 Å². The second-order valence-electron chi connectivity index (χ2n) is 5.52. The molecule has 0 aliphatic carbocycles. The lowest BCUT2D eigenvalue weighted by Gasteiger charge is -2.20. The van der Waals surface area contributed by atoms with Gasteiger partial charge >= 0.3 is 0 Å². The van der Waals surface area contributed by atoms with E-state index in [1.54, 1.807) is 25.1 Å². The third-order valence-electron chi connectivity index (χ3n) is 3.85. The molecule has 0 saturated carbocycles. The summed E-state index contributed by atoms with van der Waals surface area (Å²) in [5.74, 6) is 0.493. The van der Waals surface area contributed by atoms with Crippen LogP contribution in [0.3, 0.4) is 0 Å². The van der Waals surface area contributed by atoms with Crippen molar-refractivity contribution in [3.63, 3.8) is 0 Å². The molecule has 0 bridgehead atoms. The van der Waals surface area contributed by atoms with Crippen LogP contribution in [-0.2, 0) is 4.79 Å². The van der Waals surface area contributed by atoms with Gasteiger partial charge in [-0.05, 0) is 24.6 Å². The van der Waals surface area contributed by atoms with Crippen LogP contribution in [-0.4, -0.2) is 48.0 Å². The third-order valence-corrected chi connectivity index (χ3v) is 3.85. The Morgan fingerprint density at radius 2 is 2.19 bits per heavy atom. The van der Waals surface area contributed by atoms with Gasteiger partial charge in [-0.2, -0.15) is 0 Å². The van der Waals surface area contributed by atoms with Crippen LogP contribution in [0.4, 0.5) is 10.2 Å². The molecular weight excluding hydrogens is 271 g/mol. The molecule has 1 atom stereocenters. The number of hydrogen-bond donors (Lipinski definition) is 0. The number of carbonyl (C=O) groups is 1. The number of nitrogens with zero attached hydrogens (tertiary/aromatic N) is 4. The number of amides is 1. The summed E-state index contributed by atoms with van der Waals surface area (Å²) in [5.41, 5.74) is 0.712. The van der Waals surface area contributed by atoms with Crippen molar-refractivity contribution >= 4 is 22.6 Å². The first-order valence-electron chi connectivity index (χ1n) is 6.92. The molecule has 1 aromatic carbocycles. The lowest BCUT2D eigenvalue weighted by Crippen LogP contribution is -2.32. The third kappa shape index (κ3) is 2.53.